The predicted molar refractivity (Wildman–Crippen MR) is 69.8 cm³/mol. The molecule has 2 fully saturated rings. The first kappa shape index (κ1) is 12.9. The number of hydrogen-bond acceptors (Lipinski definition) is 2. The van der Waals surface area contributed by atoms with Crippen LogP contribution in [0.1, 0.15) is 58.3 Å². The molecule has 1 aliphatic heterocycles. The molecule has 0 aromatic rings. The summed E-state index contributed by atoms with van der Waals surface area (Å²) in [7, 11) is 0. The van der Waals surface area contributed by atoms with Crippen LogP contribution in [0, 0.1) is 5.92 Å². The molecule has 0 aromatic carbocycles. The first-order valence-corrected chi connectivity index (χ1v) is 7.27. The second-order valence-electron chi connectivity index (χ2n) is 5.87. The van der Waals surface area contributed by atoms with Gasteiger partial charge in [-0.25, -0.2) is 0 Å². The zero-order chi connectivity index (χ0) is 12.1. The molecule has 3 heteroatoms. The summed E-state index contributed by atoms with van der Waals surface area (Å²) in [6.45, 7) is 3.42. The van der Waals surface area contributed by atoms with E-state index in [0.717, 1.165) is 18.9 Å². The second kappa shape index (κ2) is 6.39. The first-order chi connectivity index (χ1) is 8.24. The lowest BCUT2D eigenvalue weighted by Crippen LogP contribution is -2.38. The van der Waals surface area contributed by atoms with Gasteiger partial charge in [0, 0.05) is 18.5 Å². The number of carbonyl (C=O) groups is 1. The van der Waals surface area contributed by atoms with Crippen molar-refractivity contribution in [3.8, 4) is 0 Å². The highest BCUT2D eigenvalue weighted by Gasteiger charge is 2.21. The Kier molecular flexibility index (Phi) is 4.84. The number of amides is 1. The van der Waals surface area contributed by atoms with Crippen LogP contribution in [0.5, 0.6) is 0 Å². The van der Waals surface area contributed by atoms with Gasteiger partial charge >= 0.3 is 0 Å². The van der Waals surface area contributed by atoms with E-state index in [-0.39, 0.29) is 5.91 Å². The highest BCUT2D eigenvalue weighted by atomic mass is 16.1. The molecule has 1 heterocycles. The minimum absolute atomic E-state index is 0.262. The van der Waals surface area contributed by atoms with E-state index in [0.29, 0.717) is 18.5 Å². The van der Waals surface area contributed by atoms with Crippen molar-refractivity contribution in [1.82, 2.24) is 10.6 Å². The van der Waals surface area contributed by atoms with E-state index in [1.54, 1.807) is 0 Å². The van der Waals surface area contributed by atoms with Gasteiger partial charge in [0.2, 0.25) is 5.91 Å². The summed E-state index contributed by atoms with van der Waals surface area (Å²) in [4.78, 5) is 11.8. The fraction of sp³-hybridized carbons (Fsp3) is 0.929. The van der Waals surface area contributed by atoms with Gasteiger partial charge in [0.25, 0.3) is 0 Å². The van der Waals surface area contributed by atoms with Crippen LogP contribution in [0.15, 0.2) is 0 Å². The molecule has 17 heavy (non-hydrogen) atoms. The molecule has 2 aliphatic rings. The molecule has 0 radical (unpaired) electrons. The lowest BCUT2D eigenvalue weighted by molar-refractivity contribution is -0.122. The zero-order valence-corrected chi connectivity index (χ0v) is 11.0. The molecular weight excluding hydrogens is 212 g/mol. The Morgan fingerprint density at radius 2 is 2.18 bits per heavy atom. The summed E-state index contributed by atoms with van der Waals surface area (Å²) in [6, 6.07) is 1.04. The van der Waals surface area contributed by atoms with Crippen molar-refractivity contribution in [3.05, 3.63) is 0 Å². The molecule has 0 bridgehead atoms. The molecule has 1 amide bonds. The van der Waals surface area contributed by atoms with Gasteiger partial charge < -0.3 is 10.6 Å². The lowest BCUT2D eigenvalue weighted by Gasteiger charge is -2.27. The zero-order valence-electron chi connectivity index (χ0n) is 11.0. The average molecular weight is 238 g/mol. The maximum atomic E-state index is 11.8. The SMILES string of the molecule is CC1CCCC(NC(=O)CCC2CCCN2)C1. The molecule has 1 saturated heterocycles. The molecule has 3 atom stereocenters. The normalized spacial score (nSPS) is 33.6. The van der Waals surface area contributed by atoms with E-state index in [1.807, 2.05) is 0 Å². The molecule has 2 rings (SSSR count). The molecule has 98 valence electrons. The molecule has 1 aliphatic carbocycles. The number of rotatable bonds is 4. The van der Waals surface area contributed by atoms with Crippen molar-refractivity contribution in [1.29, 1.82) is 0 Å². The minimum Gasteiger partial charge on any atom is -0.353 e. The van der Waals surface area contributed by atoms with Gasteiger partial charge in [0.1, 0.15) is 0 Å². The van der Waals surface area contributed by atoms with Crippen LogP contribution in [-0.2, 0) is 4.79 Å². The fourth-order valence-corrected chi connectivity index (χ4v) is 3.17. The predicted octanol–water partition coefficient (Wildman–Crippen LogP) is 2.21. The molecule has 3 nitrogen and oxygen atoms in total. The number of nitrogens with one attached hydrogen (secondary N) is 2. The van der Waals surface area contributed by atoms with E-state index in [9.17, 15) is 4.79 Å². The second-order valence-corrected chi connectivity index (χ2v) is 5.87. The Bertz CT molecular complexity index is 249. The van der Waals surface area contributed by atoms with Gasteiger partial charge in [-0.05, 0) is 44.6 Å². The van der Waals surface area contributed by atoms with Crippen molar-refractivity contribution in [2.24, 2.45) is 5.92 Å². The highest BCUT2D eigenvalue weighted by Crippen LogP contribution is 2.23. The summed E-state index contributed by atoms with van der Waals surface area (Å²) in [5, 5.41) is 6.65. The third-order valence-electron chi connectivity index (χ3n) is 4.18. The largest absolute Gasteiger partial charge is 0.353 e. The van der Waals surface area contributed by atoms with Crippen LogP contribution < -0.4 is 10.6 Å². The summed E-state index contributed by atoms with van der Waals surface area (Å²) >= 11 is 0. The third kappa shape index (κ3) is 4.30. The fourth-order valence-electron chi connectivity index (χ4n) is 3.17. The van der Waals surface area contributed by atoms with E-state index in [4.69, 9.17) is 0 Å². The standard InChI is InChI=1S/C14H26N2O/c1-11-4-2-5-13(10-11)16-14(17)8-7-12-6-3-9-15-12/h11-13,15H,2-10H2,1H3,(H,16,17). The summed E-state index contributed by atoms with van der Waals surface area (Å²) in [6.07, 6.45) is 9.18. The van der Waals surface area contributed by atoms with Crippen LogP contribution in [-0.4, -0.2) is 24.5 Å². The Morgan fingerprint density at radius 1 is 1.29 bits per heavy atom. The molecular formula is C14H26N2O. The Hall–Kier alpha value is -0.570. The van der Waals surface area contributed by atoms with E-state index in [2.05, 4.69) is 17.6 Å². The molecule has 1 saturated carbocycles. The Morgan fingerprint density at radius 3 is 2.88 bits per heavy atom. The van der Waals surface area contributed by atoms with Crippen molar-refractivity contribution < 1.29 is 4.79 Å². The lowest BCUT2D eigenvalue weighted by atomic mass is 9.87. The summed E-state index contributed by atoms with van der Waals surface area (Å²) in [5.41, 5.74) is 0. The maximum Gasteiger partial charge on any atom is 0.220 e. The van der Waals surface area contributed by atoms with E-state index < -0.39 is 0 Å². The summed E-state index contributed by atoms with van der Waals surface area (Å²) < 4.78 is 0. The van der Waals surface area contributed by atoms with Gasteiger partial charge in [0.05, 0.1) is 0 Å². The van der Waals surface area contributed by atoms with Gasteiger partial charge in [-0.1, -0.05) is 19.8 Å². The average Bonchev–Trinajstić information content (AvgIpc) is 2.79. The topological polar surface area (TPSA) is 41.1 Å². The molecule has 2 N–H and O–H groups in total. The van der Waals surface area contributed by atoms with Gasteiger partial charge in [-0.15, -0.1) is 0 Å². The maximum absolute atomic E-state index is 11.8. The van der Waals surface area contributed by atoms with Gasteiger partial charge in [-0.3, -0.25) is 4.79 Å². The van der Waals surface area contributed by atoms with Gasteiger partial charge in [-0.2, -0.15) is 0 Å². The monoisotopic (exact) mass is 238 g/mol. The Balaban J connectivity index is 1.62. The van der Waals surface area contributed by atoms with Crippen LogP contribution in [0.25, 0.3) is 0 Å². The van der Waals surface area contributed by atoms with E-state index in [1.165, 1.54) is 38.5 Å². The highest BCUT2D eigenvalue weighted by molar-refractivity contribution is 5.76. The van der Waals surface area contributed by atoms with Gasteiger partial charge in [0.15, 0.2) is 0 Å². The van der Waals surface area contributed by atoms with Crippen LogP contribution in [0.4, 0.5) is 0 Å². The molecule has 0 spiro atoms. The Labute approximate surface area is 105 Å². The van der Waals surface area contributed by atoms with Crippen LogP contribution in [0.3, 0.4) is 0 Å². The van der Waals surface area contributed by atoms with Crippen LogP contribution >= 0.6 is 0 Å². The van der Waals surface area contributed by atoms with Crippen molar-refractivity contribution >= 4 is 5.91 Å². The quantitative estimate of drug-likeness (QED) is 0.788. The summed E-state index contributed by atoms with van der Waals surface area (Å²) in [5.74, 6) is 1.04. The first-order valence-electron chi connectivity index (χ1n) is 7.27. The molecule has 0 aromatic heterocycles. The number of carbonyl (C=O) groups excluding carboxylic acids is 1. The van der Waals surface area contributed by atoms with Crippen molar-refractivity contribution in [2.45, 2.75) is 70.4 Å². The van der Waals surface area contributed by atoms with Crippen molar-refractivity contribution in [2.75, 3.05) is 6.54 Å². The smallest absolute Gasteiger partial charge is 0.220 e. The van der Waals surface area contributed by atoms with E-state index >= 15 is 0 Å². The third-order valence-corrected chi connectivity index (χ3v) is 4.18. The van der Waals surface area contributed by atoms with Crippen molar-refractivity contribution in [3.63, 3.8) is 0 Å². The minimum atomic E-state index is 0.262. The number of hydrogen-bond donors (Lipinski definition) is 2. The van der Waals surface area contributed by atoms with Crippen LogP contribution in [0.2, 0.25) is 0 Å². The molecule has 3 unspecified atom stereocenters.